The van der Waals surface area contributed by atoms with Crippen molar-refractivity contribution in [1.82, 2.24) is 5.32 Å². The molecule has 0 saturated heterocycles. The lowest BCUT2D eigenvalue weighted by atomic mass is 9.83. The Labute approximate surface area is 151 Å². The minimum absolute atomic E-state index is 0.190. The van der Waals surface area contributed by atoms with E-state index in [1.807, 2.05) is 12.1 Å². The van der Waals surface area contributed by atoms with E-state index in [0.717, 1.165) is 38.5 Å². The molecule has 0 aliphatic heterocycles. The van der Waals surface area contributed by atoms with Crippen LogP contribution in [0.25, 0.3) is 0 Å². The molecule has 3 rings (SSSR count). The molecule has 0 aromatic carbocycles. The number of rotatable bonds is 8. The van der Waals surface area contributed by atoms with Gasteiger partial charge < -0.3 is 10.4 Å². The average Bonchev–Trinajstić information content (AvgIpc) is 3.36. The lowest BCUT2D eigenvalue weighted by molar-refractivity contribution is -0.126. The molecule has 2 N–H and O–H groups in total. The first-order valence-electron chi connectivity index (χ1n) is 8.73. The molecule has 0 unspecified atom stereocenters. The van der Waals surface area contributed by atoms with Crippen molar-refractivity contribution in [2.24, 2.45) is 0 Å². The lowest BCUT2D eigenvalue weighted by Gasteiger charge is -2.27. The van der Waals surface area contributed by atoms with E-state index in [0.29, 0.717) is 12.5 Å². The summed E-state index contributed by atoms with van der Waals surface area (Å²) in [7, 11) is 0. The van der Waals surface area contributed by atoms with Gasteiger partial charge in [0.2, 0.25) is 5.91 Å². The van der Waals surface area contributed by atoms with Gasteiger partial charge in [-0.15, -0.1) is 22.7 Å². The molecule has 1 aliphatic carbocycles. The van der Waals surface area contributed by atoms with Crippen LogP contribution >= 0.6 is 22.7 Å². The number of hydrogen-bond donors (Lipinski definition) is 2. The van der Waals surface area contributed by atoms with Crippen LogP contribution in [0.1, 0.15) is 54.2 Å². The largest absolute Gasteiger partial charge is 0.396 e. The fourth-order valence-electron chi connectivity index (χ4n) is 3.75. The number of amides is 1. The number of thiophene rings is 2. The SMILES string of the molecule is O=C(NCC[C@@H](CCO)c1cccs1)C1(c2cccs2)CCCC1. The van der Waals surface area contributed by atoms with Gasteiger partial charge in [-0.2, -0.15) is 0 Å². The highest BCUT2D eigenvalue weighted by Crippen LogP contribution is 2.43. The summed E-state index contributed by atoms with van der Waals surface area (Å²) in [5, 5.41) is 16.6. The van der Waals surface area contributed by atoms with E-state index < -0.39 is 0 Å². The van der Waals surface area contributed by atoms with E-state index in [1.54, 1.807) is 22.7 Å². The van der Waals surface area contributed by atoms with Gasteiger partial charge in [-0.1, -0.05) is 25.0 Å². The fraction of sp³-hybridized carbons (Fsp3) is 0.526. The minimum atomic E-state index is -0.302. The zero-order valence-corrected chi connectivity index (χ0v) is 15.5. The molecule has 24 heavy (non-hydrogen) atoms. The van der Waals surface area contributed by atoms with Crippen LogP contribution in [0.4, 0.5) is 0 Å². The van der Waals surface area contributed by atoms with E-state index >= 15 is 0 Å². The Bertz CT molecular complexity index is 616. The molecule has 2 aromatic rings. The summed E-state index contributed by atoms with van der Waals surface area (Å²) in [5.41, 5.74) is -0.302. The van der Waals surface area contributed by atoms with Gasteiger partial charge in [0.25, 0.3) is 0 Å². The number of carbonyl (C=O) groups is 1. The Morgan fingerprint density at radius 1 is 1.17 bits per heavy atom. The average molecular weight is 364 g/mol. The van der Waals surface area contributed by atoms with Gasteiger partial charge in [-0.3, -0.25) is 4.79 Å². The summed E-state index contributed by atoms with van der Waals surface area (Å²) in [6.45, 7) is 0.865. The van der Waals surface area contributed by atoms with Gasteiger partial charge in [0.05, 0.1) is 5.41 Å². The van der Waals surface area contributed by atoms with Gasteiger partial charge in [-0.05, 0) is 54.5 Å². The van der Waals surface area contributed by atoms with Crippen LogP contribution in [0.15, 0.2) is 35.0 Å². The van der Waals surface area contributed by atoms with E-state index in [-0.39, 0.29) is 17.9 Å². The summed E-state index contributed by atoms with van der Waals surface area (Å²) in [6, 6.07) is 8.32. The highest BCUT2D eigenvalue weighted by Gasteiger charge is 2.43. The maximum Gasteiger partial charge on any atom is 0.231 e. The molecule has 3 nitrogen and oxygen atoms in total. The molecule has 0 radical (unpaired) electrons. The second kappa shape index (κ2) is 8.28. The quantitative estimate of drug-likeness (QED) is 0.735. The van der Waals surface area contributed by atoms with E-state index in [1.165, 1.54) is 9.75 Å². The summed E-state index contributed by atoms with van der Waals surface area (Å²) in [6.07, 6.45) is 5.83. The molecular formula is C19H25NO2S2. The number of carbonyl (C=O) groups excluding carboxylic acids is 1. The monoisotopic (exact) mass is 363 g/mol. The molecule has 1 amide bonds. The predicted molar refractivity (Wildman–Crippen MR) is 101 cm³/mol. The second-order valence-corrected chi connectivity index (χ2v) is 8.46. The van der Waals surface area contributed by atoms with Gasteiger partial charge in [0.1, 0.15) is 0 Å². The molecular weight excluding hydrogens is 338 g/mol. The third-order valence-electron chi connectivity index (χ3n) is 5.09. The van der Waals surface area contributed by atoms with Crippen LogP contribution < -0.4 is 5.32 Å². The maximum absolute atomic E-state index is 12.9. The first-order valence-corrected chi connectivity index (χ1v) is 10.5. The molecule has 1 atom stereocenters. The smallest absolute Gasteiger partial charge is 0.231 e. The highest BCUT2D eigenvalue weighted by atomic mass is 32.1. The Balaban J connectivity index is 1.60. The topological polar surface area (TPSA) is 49.3 Å². The van der Waals surface area contributed by atoms with Crippen molar-refractivity contribution in [1.29, 1.82) is 0 Å². The van der Waals surface area contributed by atoms with Crippen LogP contribution in [-0.4, -0.2) is 24.2 Å². The zero-order valence-electron chi connectivity index (χ0n) is 13.9. The van der Waals surface area contributed by atoms with Crippen molar-refractivity contribution in [3.05, 3.63) is 44.8 Å². The van der Waals surface area contributed by atoms with Crippen molar-refractivity contribution in [2.75, 3.05) is 13.2 Å². The van der Waals surface area contributed by atoms with Crippen molar-refractivity contribution in [3.63, 3.8) is 0 Å². The molecule has 0 spiro atoms. The van der Waals surface area contributed by atoms with Gasteiger partial charge in [-0.25, -0.2) is 0 Å². The van der Waals surface area contributed by atoms with Crippen LogP contribution in [0.3, 0.4) is 0 Å². The Morgan fingerprint density at radius 2 is 1.92 bits per heavy atom. The summed E-state index contributed by atoms with van der Waals surface area (Å²) < 4.78 is 0. The molecule has 1 fully saturated rings. The van der Waals surface area contributed by atoms with E-state index in [9.17, 15) is 9.90 Å². The third-order valence-corrected chi connectivity index (χ3v) is 7.19. The minimum Gasteiger partial charge on any atom is -0.396 e. The van der Waals surface area contributed by atoms with Gasteiger partial charge >= 0.3 is 0 Å². The van der Waals surface area contributed by atoms with Gasteiger partial charge in [0, 0.05) is 22.9 Å². The number of nitrogens with one attached hydrogen (secondary N) is 1. The molecule has 1 aliphatic rings. The molecule has 0 bridgehead atoms. The molecule has 2 heterocycles. The zero-order chi connectivity index (χ0) is 16.8. The van der Waals surface area contributed by atoms with Crippen molar-refractivity contribution >= 4 is 28.6 Å². The standard InChI is InChI=1S/C19H25NO2S2/c21-12-8-15(16-5-3-13-23-16)7-11-20-18(22)19(9-1-2-10-19)17-6-4-14-24-17/h3-6,13-15,21H,1-2,7-12H2,(H,20,22)/t15-/m0/s1. The predicted octanol–water partition coefficient (Wildman–Crippen LogP) is 4.29. The van der Waals surface area contributed by atoms with Crippen LogP contribution in [-0.2, 0) is 10.2 Å². The second-order valence-electron chi connectivity index (χ2n) is 6.54. The summed E-state index contributed by atoms with van der Waals surface area (Å²) in [4.78, 5) is 15.4. The Hall–Kier alpha value is -1.17. The Kier molecular flexibility index (Phi) is 6.09. The van der Waals surface area contributed by atoms with E-state index in [4.69, 9.17) is 0 Å². The number of aliphatic hydroxyl groups excluding tert-OH is 1. The van der Waals surface area contributed by atoms with Crippen LogP contribution in [0.2, 0.25) is 0 Å². The van der Waals surface area contributed by atoms with Gasteiger partial charge in [0.15, 0.2) is 0 Å². The maximum atomic E-state index is 12.9. The van der Waals surface area contributed by atoms with Crippen LogP contribution in [0, 0.1) is 0 Å². The Morgan fingerprint density at radius 3 is 2.54 bits per heavy atom. The van der Waals surface area contributed by atoms with Crippen molar-refractivity contribution in [2.45, 2.75) is 49.9 Å². The first-order chi connectivity index (χ1) is 11.8. The molecule has 1 saturated carbocycles. The van der Waals surface area contributed by atoms with Crippen molar-refractivity contribution in [3.8, 4) is 0 Å². The van der Waals surface area contributed by atoms with Crippen LogP contribution in [0.5, 0.6) is 0 Å². The normalized spacial score (nSPS) is 17.7. The number of aliphatic hydroxyl groups is 1. The lowest BCUT2D eigenvalue weighted by Crippen LogP contribution is -2.42. The number of hydrogen-bond acceptors (Lipinski definition) is 4. The van der Waals surface area contributed by atoms with Crippen molar-refractivity contribution < 1.29 is 9.90 Å². The highest BCUT2D eigenvalue weighted by molar-refractivity contribution is 7.10. The third kappa shape index (κ3) is 3.73. The van der Waals surface area contributed by atoms with E-state index in [2.05, 4.69) is 28.2 Å². The molecule has 2 aromatic heterocycles. The molecule has 5 heteroatoms. The summed E-state index contributed by atoms with van der Waals surface area (Å²) in [5.74, 6) is 0.521. The first kappa shape index (κ1) is 17.6. The molecule has 130 valence electrons. The summed E-state index contributed by atoms with van der Waals surface area (Å²) >= 11 is 3.43. The fourth-order valence-corrected chi connectivity index (χ4v) is 5.64.